The quantitative estimate of drug-likeness (QED) is 0.179. The maximum Gasteiger partial charge on any atom is 0.170 e. The van der Waals surface area contributed by atoms with Gasteiger partial charge in [-0.2, -0.15) is 0 Å². The van der Waals surface area contributed by atoms with Crippen molar-refractivity contribution in [3.8, 4) is 67.8 Å². The molecule has 55 heavy (non-hydrogen) atoms. The van der Waals surface area contributed by atoms with Crippen molar-refractivity contribution in [1.82, 2.24) is 9.97 Å². The lowest BCUT2D eigenvalue weighted by atomic mass is 9.67. The number of rotatable bonds is 5. The predicted molar refractivity (Wildman–Crippen MR) is 220 cm³/mol. The van der Waals surface area contributed by atoms with Crippen LogP contribution >= 0.6 is 0 Å². The maximum atomic E-state index is 6.74. The standard InChI is InChI=1S/C51H32N2O2/c1-4-14-33(15-5-1)50-52-32-42-39(23-13-25-45(42)53-50)36-17-12-16-34(28-36)35-26-27-46-47(29-35)55-48-30-41-40-22-10-11-24-43(40)51(37-18-6-2-7-19-37,38-20-8-3-9-21-38)44(41)31-49(48)54-46/h1-32H. The molecule has 4 nitrogen and oxygen atoms in total. The Hall–Kier alpha value is -7.30. The number of hydrogen-bond donors (Lipinski definition) is 0. The molecule has 1 aromatic heterocycles. The third-order valence-electron chi connectivity index (χ3n) is 11.1. The Bertz CT molecular complexity index is 2880. The molecule has 0 unspecified atom stereocenters. The summed E-state index contributed by atoms with van der Waals surface area (Å²) < 4.78 is 13.4. The van der Waals surface area contributed by atoms with E-state index in [4.69, 9.17) is 19.4 Å². The summed E-state index contributed by atoms with van der Waals surface area (Å²) >= 11 is 0. The van der Waals surface area contributed by atoms with Crippen molar-refractivity contribution in [3.63, 3.8) is 0 Å². The van der Waals surface area contributed by atoms with Gasteiger partial charge in [0.15, 0.2) is 28.8 Å². The zero-order valence-corrected chi connectivity index (χ0v) is 29.7. The fraction of sp³-hybridized carbons (Fsp3) is 0.0196. The summed E-state index contributed by atoms with van der Waals surface area (Å²) in [7, 11) is 0. The third kappa shape index (κ3) is 4.92. The average molecular weight is 705 g/mol. The summed E-state index contributed by atoms with van der Waals surface area (Å²) in [6.45, 7) is 0. The van der Waals surface area contributed by atoms with Crippen LogP contribution in [0.5, 0.6) is 23.0 Å². The Kier molecular flexibility index (Phi) is 7.04. The second-order valence-electron chi connectivity index (χ2n) is 14.1. The molecule has 0 radical (unpaired) electrons. The minimum absolute atomic E-state index is 0.512. The van der Waals surface area contributed by atoms with Crippen LogP contribution in [0.2, 0.25) is 0 Å². The molecule has 0 saturated heterocycles. The summed E-state index contributed by atoms with van der Waals surface area (Å²) in [6, 6.07) is 65.8. The van der Waals surface area contributed by atoms with Gasteiger partial charge in [0.25, 0.3) is 0 Å². The van der Waals surface area contributed by atoms with Crippen molar-refractivity contribution in [2.75, 3.05) is 0 Å². The van der Waals surface area contributed by atoms with Gasteiger partial charge < -0.3 is 9.47 Å². The van der Waals surface area contributed by atoms with Gasteiger partial charge in [-0.15, -0.1) is 0 Å². The van der Waals surface area contributed by atoms with E-state index < -0.39 is 5.41 Å². The molecule has 0 spiro atoms. The van der Waals surface area contributed by atoms with E-state index in [1.165, 1.54) is 27.8 Å². The lowest BCUT2D eigenvalue weighted by molar-refractivity contribution is 0.359. The van der Waals surface area contributed by atoms with E-state index in [0.717, 1.165) is 50.1 Å². The highest BCUT2D eigenvalue weighted by molar-refractivity contribution is 5.95. The number of benzene rings is 8. The van der Waals surface area contributed by atoms with Gasteiger partial charge in [-0.25, -0.2) is 9.97 Å². The van der Waals surface area contributed by atoms with Crippen molar-refractivity contribution in [1.29, 1.82) is 0 Å². The summed E-state index contributed by atoms with van der Waals surface area (Å²) in [4.78, 5) is 9.65. The molecular formula is C51H32N2O2. The Morgan fingerprint density at radius 1 is 0.382 bits per heavy atom. The number of hydrogen-bond acceptors (Lipinski definition) is 4. The molecule has 9 aromatic rings. The largest absolute Gasteiger partial charge is 0.450 e. The Morgan fingerprint density at radius 2 is 0.982 bits per heavy atom. The lowest BCUT2D eigenvalue weighted by Gasteiger charge is -2.34. The Morgan fingerprint density at radius 3 is 1.78 bits per heavy atom. The topological polar surface area (TPSA) is 44.2 Å². The molecule has 8 aromatic carbocycles. The van der Waals surface area contributed by atoms with Gasteiger partial charge in [0.05, 0.1) is 10.9 Å². The Labute approximate surface area is 319 Å². The van der Waals surface area contributed by atoms with Gasteiger partial charge in [-0.1, -0.05) is 152 Å². The first-order chi connectivity index (χ1) is 27.2. The highest BCUT2D eigenvalue weighted by Crippen LogP contribution is 2.59. The molecule has 0 N–H and O–H groups in total. The molecule has 0 bridgehead atoms. The molecule has 2 aliphatic rings. The van der Waals surface area contributed by atoms with Crippen LogP contribution in [0.4, 0.5) is 0 Å². The smallest absolute Gasteiger partial charge is 0.170 e. The van der Waals surface area contributed by atoms with Crippen LogP contribution in [-0.2, 0) is 5.41 Å². The third-order valence-corrected chi connectivity index (χ3v) is 11.1. The van der Waals surface area contributed by atoms with Crippen LogP contribution in [-0.4, -0.2) is 9.97 Å². The number of ether oxygens (including phenoxy) is 2. The SMILES string of the molecule is c1ccc(-c2ncc3c(-c4cccc(-c5ccc6c(c5)Oc5cc7c(cc5O6)C(c5ccccc5)(c5ccccc5)c5ccccc5-7)c4)cccc3n2)cc1. The van der Waals surface area contributed by atoms with Gasteiger partial charge in [0.1, 0.15) is 0 Å². The first-order valence-electron chi connectivity index (χ1n) is 18.6. The highest BCUT2D eigenvalue weighted by atomic mass is 16.6. The van der Waals surface area contributed by atoms with E-state index in [0.29, 0.717) is 23.0 Å². The van der Waals surface area contributed by atoms with Crippen LogP contribution in [0.1, 0.15) is 22.3 Å². The fourth-order valence-corrected chi connectivity index (χ4v) is 8.60. The molecule has 0 saturated carbocycles. The van der Waals surface area contributed by atoms with Gasteiger partial charge >= 0.3 is 0 Å². The van der Waals surface area contributed by atoms with Crippen LogP contribution in [0.25, 0.3) is 55.7 Å². The molecule has 0 atom stereocenters. The number of aromatic nitrogens is 2. The first-order valence-corrected chi connectivity index (χ1v) is 18.6. The minimum Gasteiger partial charge on any atom is -0.450 e. The average Bonchev–Trinajstić information content (AvgIpc) is 3.55. The lowest BCUT2D eigenvalue weighted by Crippen LogP contribution is -2.28. The van der Waals surface area contributed by atoms with Crippen molar-refractivity contribution in [3.05, 3.63) is 217 Å². The zero-order chi connectivity index (χ0) is 36.3. The van der Waals surface area contributed by atoms with E-state index in [9.17, 15) is 0 Å². The van der Waals surface area contributed by atoms with Crippen molar-refractivity contribution in [2.45, 2.75) is 5.41 Å². The van der Waals surface area contributed by atoms with Crippen molar-refractivity contribution < 1.29 is 9.47 Å². The first kappa shape index (κ1) is 31.2. The summed E-state index contributed by atoms with van der Waals surface area (Å²) in [5, 5.41) is 1.01. The van der Waals surface area contributed by atoms with Crippen LogP contribution in [0.15, 0.2) is 194 Å². The van der Waals surface area contributed by atoms with Gasteiger partial charge in [0.2, 0.25) is 0 Å². The molecule has 2 heterocycles. The predicted octanol–water partition coefficient (Wildman–Crippen LogP) is 12.9. The van der Waals surface area contributed by atoms with Crippen LogP contribution in [0.3, 0.4) is 0 Å². The molecule has 1 aliphatic carbocycles. The second kappa shape index (κ2) is 12.4. The minimum atomic E-state index is -0.512. The molecule has 11 rings (SSSR count). The van der Waals surface area contributed by atoms with Gasteiger partial charge in [-0.3, -0.25) is 0 Å². The second-order valence-corrected chi connectivity index (χ2v) is 14.1. The molecule has 0 amide bonds. The number of fused-ring (bicyclic) bond motifs is 6. The Balaban J connectivity index is 0.972. The van der Waals surface area contributed by atoms with E-state index in [2.05, 4.69) is 146 Å². The normalized spacial score (nSPS) is 13.2. The van der Waals surface area contributed by atoms with Gasteiger partial charge in [0, 0.05) is 17.1 Å². The van der Waals surface area contributed by atoms with E-state index in [1.807, 2.05) is 48.7 Å². The molecule has 0 fully saturated rings. The van der Waals surface area contributed by atoms with Crippen LogP contribution in [0, 0.1) is 0 Å². The fourth-order valence-electron chi connectivity index (χ4n) is 8.60. The molecular weight excluding hydrogens is 673 g/mol. The van der Waals surface area contributed by atoms with E-state index in [1.54, 1.807) is 0 Å². The summed E-state index contributed by atoms with van der Waals surface area (Å²) in [6.07, 6.45) is 1.94. The summed E-state index contributed by atoms with van der Waals surface area (Å²) in [5.41, 5.74) is 12.9. The monoisotopic (exact) mass is 704 g/mol. The zero-order valence-electron chi connectivity index (χ0n) is 29.7. The highest BCUT2D eigenvalue weighted by Gasteiger charge is 2.47. The van der Waals surface area contributed by atoms with E-state index >= 15 is 0 Å². The maximum absolute atomic E-state index is 6.74. The summed E-state index contributed by atoms with van der Waals surface area (Å²) in [5.74, 6) is 3.50. The van der Waals surface area contributed by atoms with Crippen molar-refractivity contribution in [2.24, 2.45) is 0 Å². The van der Waals surface area contributed by atoms with Gasteiger partial charge in [-0.05, 0) is 92.0 Å². The molecule has 258 valence electrons. The molecule has 1 aliphatic heterocycles. The van der Waals surface area contributed by atoms with E-state index in [-0.39, 0.29) is 0 Å². The number of nitrogens with zero attached hydrogens (tertiary/aromatic N) is 2. The van der Waals surface area contributed by atoms with Crippen LogP contribution < -0.4 is 9.47 Å². The van der Waals surface area contributed by atoms with Crippen molar-refractivity contribution >= 4 is 10.9 Å². The molecule has 4 heteroatoms.